The molecule has 0 aliphatic carbocycles. The molecule has 0 saturated heterocycles. The lowest BCUT2D eigenvalue weighted by molar-refractivity contribution is -0.139. The Morgan fingerprint density at radius 1 is 1.50 bits per heavy atom. The molecular formula is C12H18N2O5S. The van der Waals surface area contributed by atoms with Crippen LogP contribution >= 0.6 is 11.5 Å². The van der Waals surface area contributed by atoms with E-state index in [2.05, 4.69) is 9.69 Å². The predicted octanol–water partition coefficient (Wildman–Crippen LogP) is 1.67. The van der Waals surface area contributed by atoms with Crippen LogP contribution in [0.3, 0.4) is 0 Å². The fourth-order valence-electron chi connectivity index (χ4n) is 1.42. The second-order valence-electron chi connectivity index (χ2n) is 5.09. The molecule has 0 radical (unpaired) electrons. The summed E-state index contributed by atoms with van der Waals surface area (Å²) in [6, 6.07) is -1.10. The zero-order valence-electron chi connectivity index (χ0n) is 11.8. The number of alkyl carbamates (subject to hydrolysis) is 1. The van der Waals surface area contributed by atoms with Gasteiger partial charge >= 0.3 is 12.1 Å². The molecule has 0 aliphatic heterocycles. The largest absolute Gasteiger partial charge is 0.480 e. The molecule has 1 aromatic rings. The van der Waals surface area contributed by atoms with E-state index in [1.807, 2.05) is 0 Å². The van der Waals surface area contributed by atoms with E-state index in [4.69, 9.17) is 14.6 Å². The molecule has 0 spiro atoms. The van der Waals surface area contributed by atoms with Gasteiger partial charge in [0.15, 0.2) is 0 Å². The minimum Gasteiger partial charge on any atom is -0.480 e. The first-order chi connectivity index (χ1) is 9.23. The number of hydrogen-bond donors (Lipinski definition) is 2. The molecule has 1 aromatic heterocycles. The highest BCUT2D eigenvalue weighted by Gasteiger charge is 2.25. The molecular weight excluding hydrogens is 284 g/mol. The third kappa shape index (κ3) is 5.04. The van der Waals surface area contributed by atoms with Crippen molar-refractivity contribution in [2.75, 3.05) is 7.11 Å². The zero-order valence-corrected chi connectivity index (χ0v) is 12.6. The van der Waals surface area contributed by atoms with E-state index in [0.717, 1.165) is 11.5 Å². The monoisotopic (exact) mass is 302 g/mol. The quantitative estimate of drug-likeness (QED) is 0.858. The molecule has 1 heterocycles. The van der Waals surface area contributed by atoms with Crippen molar-refractivity contribution in [3.63, 3.8) is 0 Å². The predicted molar refractivity (Wildman–Crippen MR) is 73.2 cm³/mol. The van der Waals surface area contributed by atoms with Crippen molar-refractivity contribution < 1.29 is 24.2 Å². The number of carbonyl (C=O) groups is 2. The number of carboxylic acid groups (broad SMARTS) is 1. The van der Waals surface area contributed by atoms with Crippen LogP contribution in [0.5, 0.6) is 5.88 Å². The summed E-state index contributed by atoms with van der Waals surface area (Å²) in [7, 11) is 1.45. The number of rotatable bonds is 5. The first-order valence-corrected chi connectivity index (χ1v) is 6.76. The summed E-state index contributed by atoms with van der Waals surface area (Å²) >= 11 is 1.16. The summed E-state index contributed by atoms with van der Waals surface area (Å²) in [4.78, 5) is 22.8. The molecule has 1 atom stereocenters. The summed E-state index contributed by atoms with van der Waals surface area (Å²) in [5.41, 5.74) is -0.0599. The second kappa shape index (κ2) is 6.56. The highest BCUT2D eigenvalue weighted by atomic mass is 32.1. The number of aromatic nitrogens is 1. The fourth-order valence-corrected chi connectivity index (χ4v) is 2.08. The Balaban J connectivity index is 2.71. The Kier molecular flexibility index (Phi) is 5.32. The van der Waals surface area contributed by atoms with Crippen LogP contribution in [0.4, 0.5) is 4.79 Å². The summed E-state index contributed by atoms with van der Waals surface area (Å²) in [5.74, 6) is -0.781. The van der Waals surface area contributed by atoms with Gasteiger partial charge in [0.05, 0.1) is 7.11 Å². The van der Waals surface area contributed by atoms with Gasteiger partial charge in [-0.1, -0.05) is 0 Å². The van der Waals surface area contributed by atoms with Gasteiger partial charge in [0.25, 0.3) is 0 Å². The topological polar surface area (TPSA) is 97.8 Å². The molecule has 1 amide bonds. The maximum Gasteiger partial charge on any atom is 0.408 e. The number of methoxy groups -OCH3 is 1. The normalized spacial score (nSPS) is 12.6. The maximum atomic E-state index is 11.6. The standard InChI is InChI=1S/C12H18N2O5S/c1-12(2,3)19-11(17)13-8(10(15)16)5-7-6-20-14-9(7)18-4/h6,8H,5H2,1-4H3,(H,13,17)(H,15,16). The zero-order chi connectivity index (χ0) is 15.3. The Morgan fingerprint density at radius 2 is 2.15 bits per heavy atom. The molecule has 1 rings (SSSR count). The SMILES string of the molecule is COc1nscc1CC(NC(=O)OC(C)(C)C)C(=O)O. The van der Waals surface area contributed by atoms with Crippen LogP contribution in [0.2, 0.25) is 0 Å². The number of nitrogens with one attached hydrogen (secondary N) is 1. The lowest BCUT2D eigenvalue weighted by Crippen LogP contribution is -2.44. The number of hydrogen-bond acceptors (Lipinski definition) is 6. The second-order valence-corrected chi connectivity index (χ2v) is 5.72. The summed E-state index contributed by atoms with van der Waals surface area (Å²) in [6.45, 7) is 5.11. The van der Waals surface area contributed by atoms with E-state index < -0.39 is 23.7 Å². The number of carboxylic acids is 1. The summed E-state index contributed by atoms with van der Waals surface area (Å²) in [6.07, 6.45) is -0.694. The van der Waals surface area contributed by atoms with Crippen molar-refractivity contribution in [1.29, 1.82) is 0 Å². The smallest absolute Gasteiger partial charge is 0.408 e. The van der Waals surface area contributed by atoms with Crippen molar-refractivity contribution in [3.05, 3.63) is 10.9 Å². The first kappa shape index (κ1) is 16.2. The van der Waals surface area contributed by atoms with Crippen molar-refractivity contribution in [2.24, 2.45) is 0 Å². The van der Waals surface area contributed by atoms with E-state index in [1.54, 1.807) is 26.2 Å². The van der Waals surface area contributed by atoms with Gasteiger partial charge in [-0.2, -0.15) is 4.37 Å². The average molecular weight is 302 g/mol. The highest BCUT2D eigenvalue weighted by Crippen LogP contribution is 2.20. The first-order valence-electron chi connectivity index (χ1n) is 5.92. The number of aliphatic carboxylic acids is 1. The number of amides is 1. The lowest BCUT2D eigenvalue weighted by atomic mass is 10.1. The molecule has 2 N–H and O–H groups in total. The summed E-state index contributed by atoms with van der Waals surface area (Å²) in [5, 5.41) is 13.2. The summed E-state index contributed by atoms with van der Waals surface area (Å²) < 4.78 is 14.0. The molecule has 0 bridgehead atoms. The van der Waals surface area contributed by atoms with E-state index in [9.17, 15) is 9.59 Å². The van der Waals surface area contributed by atoms with Gasteiger partial charge < -0.3 is 19.9 Å². The van der Waals surface area contributed by atoms with Gasteiger partial charge in [-0.05, 0) is 32.3 Å². The van der Waals surface area contributed by atoms with Crippen LogP contribution in [0.1, 0.15) is 26.3 Å². The average Bonchev–Trinajstić information content (AvgIpc) is 2.72. The third-order valence-electron chi connectivity index (χ3n) is 2.21. The van der Waals surface area contributed by atoms with Crippen LogP contribution in [-0.2, 0) is 16.0 Å². The van der Waals surface area contributed by atoms with Crippen LogP contribution in [0.25, 0.3) is 0 Å². The minimum absolute atomic E-state index is 0.0776. The molecule has 0 aliphatic rings. The molecule has 0 aromatic carbocycles. The van der Waals surface area contributed by atoms with Crippen molar-refractivity contribution in [1.82, 2.24) is 9.69 Å². The Labute approximate surface area is 121 Å². The van der Waals surface area contributed by atoms with E-state index in [0.29, 0.717) is 11.4 Å². The number of carbonyl (C=O) groups excluding carboxylic acids is 1. The van der Waals surface area contributed by atoms with Crippen molar-refractivity contribution >= 4 is 23.6 Å². The van der Waals surface area contributed by atoms with E-state index >= 15 is 0 Å². The lowest BCUT2D eigenvalue weighted by Gasteiger charge is -2.21. The van der Waals surface area contributed by atoms with Crippen molar-refractivity contribution in [2.45, 2.75) is 38.8 Å². The number of nitrogens with zero attached hydrogens (tertiary/aromatic N) is 1. The van der Waals surface area contributed by atoms with Gasteiger partial charge in [-0.3, -0.25) is 0 Å². The van der Waals surface area contributed by atoms with Gasteiger partial charge in [0.2, 0.25) is 5.88 Å². The van der Waals surface area contributed by atoms with Crippen LogP contribution in [-0.4, -0.2) is 40.3 Å². The molecule has 0 fully saturated rings. The molecule has 0 saturated carbocycles. The minimum atomic E-state index is -1.15. The van der Waals surface area contributed by atoms with E-state index in [1.165, 1.54) is 7.11 Å². The Morgan fingerprint density at radius 3 is 2.65 bits per heavy atom. The maximum absolute atomic E-state index is 11.6. The molecule has 20 heavy (non-hydrogen) atoms. The molecule has 8 heteroatoms. The Bertz CT molecular complexity index is 480. The van der Waals surface area contributed by atoms with E-state index in [-0.39, 0.29) is 6.42 Å². The van der Waals surface area contributed by atoms with Gasteiger partial charge in [-0.15, -0.1) is 0 Å². The number of ether oxygens (including phenoxy) is 2. The fraction of sp³-hybridized carbons (Fsp3) is 0.583. The van der Waals surface area contributed by atoms with Crippen LogP contribution in [0.15, 0.2) is 5.38 Å². The van der Waals surface area contributed by atoms with Crippen LogP contribution < -0.4 is 10.1 Å². The molecule has 1 unspecified atom stereocenters. The highest BCUT2D eigenvalue weighted by molar-refractivity contribution is 7.03. The van der Waals surface area contributed by atoms with Gasteiger partial charge in [0, 0.05) is 17.4 Å². The van der Waals surface area contributed by atoms with Gasteiger partial charge in [0.1, 0.15) is 11.6 Å². The Hall–Kier alpha value is -1.83. The third-order valence-corrected chi connectivity index (χ3v) is 2.87. The molecule has 7 nitrogen and oxygen atoms in total. The van der Waals surface area contributed by atoms with Gasteiger partial charge in [-0.25, -0.2) is 9.59 Å². The molecule has 112 valence electrons. The van der Waals surface area contributed by atoms with Crippen LogP contribution in [0, 0.1) is 0 Å². The van der Waals surface area contributed by atoms with Crippen molar-refractivity contribution in [3.8, 4) is 5.88 Å².